The van der Waals surface area contributed by atoms with E-state index < -0.39 is 36.8 Å². The molecule has 0 saturated carbocycles. The van der Waals surface area contributed by atoms with Gasteiger partial charge in [0.05, 0.1) is 13.7 Å². The van der Waals surface area contributed by atoms with E-state index >= 15 is 0 Å². The van der Waals surface area contributed by atoms with Crippen molar-refractivity contribution in [2.24, 2.45) is 0 Å². The molecule has 2 aromatic carbocycles. The van der Waals surface area contributed by atoms with Crippen molar-refractivity contribution in [2.45, 2.75) is 36.6 Å². The van der Waals surface area contributed by atoms with E-state index in [0.29, 0.717) is 17.0 Å². The van der Waals surface area contributed by atoms with Crippen molar-refractivity contribution in [3.8, 4) is 5.75 Å². The van der Waals surface area contributed by atoms with Gasteiger partial charge in [-0.15, -0.1) is 0 Å². The quantitative estimate of drug-likeness (QED) is 0.488. The zero-order chi connectivity index (χ0) is 20.5. The molecular weight excluding hydrogens is 388 g/mol. The van der Waals surface area contributed by atoms with Crippen LogP contribution in [0.5, 0.6) is 5.75 Å². The summed E-state index contributed by atoms with van der Waals surface area (Å²) in [4.78, 5) is 0. The van der Waals surface area contributed by atoms with Crippen molar-refractivity contribution < 1.29 is 35.0 Å². The van der Waals surface area contributed by atoms with E-state index in [2.05, 4.69) is 0 Å². The van der Waals surface area contributed by atoms with Crippen LogP contribution < -0.4 is 4.74 Å². The Morgan fingerprint density at radius 3 is 2.36 bits per heavy atom. The molecular formula is C20H23ClO7. The van der Waals surface area contributed by atoms with Gasteiger partial charge < -0.3 is 35.0 Å². The van der Waals surface area contributed by atoms with E-state index in [0.717, 1.165) is 11.3 Å². The zero-order valence-corrected chi connectivity index (χ0v) is 16.0. The largest absolute Gasteiger partial charge is 0.497 e. The van der Waals surface area contributed by atoms with E-state index in [4.69, 9.17) is 21.1 Å². The van der Waals surface area contributed by atoms with Gasteiger partial charge in [0.2, 0.25) is 5.79 Å². The average molecular weight is 411 g/mol. The minimum absolute atomic E-state index is 0.150. The lowest BCUT2D eigenvalue weighted by atomic mass is 9.87. The second-order valence-corrected chi connectivity index (χ2v) is 7.20. The number of halogens is 1. The fourth-order valence-electron chi connectivity index (χ4n) is 3.29. The number of rotatable bonds is 5. The number of aliphatic hydroxyl groups is 5. The Labute approximate surface area is 167 Å². The molecule has 1 heterocycles. The summed E-state index contributed by atoms with van der Waals surface area (Å²) in [7, 11) is 1.58. The van der Waals surface area contributed by atoms with Crippen LogP contribution in [0.15, 0.2) is 42.5 Å². The lowest BCUT2D eigenvalue weighted by Crippen LogP contribution is -2.63. The van der Waals surface area contributed by atoms with E-state index in [1.807, 2.05) is 24.3 Å². The molecule has 5 atom stereocenters. The van der Waals surface area contributed by atoms with Gasteiger partial charge in [0, 0.05) is 10.6 Å². The number of methoxy groups -OCH3 is 1. The highest BCUT2D eigenvalue weighted by Crippen LogP contribution is 2.37. The molecule has 0 amide bonds. The highest BCUT2D eigenvalue weighted by atomic mass is 35.5. The molecule has 1 fully saturated rings. The van der Waals surface area contributed by atoms with E-state index in [1.165, 1.54) is 6.07 Å². The Hall–Kier alpha value is -1.71. The van der Waals surface area contributed by atoms with Crippen LogP contribution in [0.4, 0.5) is 0 Å². The number of hydrogen-bond acceptors (Lipinski definition) is 7. The van der Waals surface area contributed by atoms with Crippen LogP contribution in [0, 0.1) is 0 Å². The van der Waals surface area contributed by atoms with Crippen LogP contribution in [0.1, 0.15) is 16.7 Å². The van der Waals surface area contributed by atoms with Gasteiger partial charge in [-0.25, -0.2) is 0 Å². The molecule has 7 nitrogen and oxygen atoms in total. The third-order valence-corrected chi connectivity index (χ3v) is 5.35. The van der Waals surface area contributed by atoms with Crippen molar-refractivity contribution >= 4 is 11.6 Å². The summed E-state index contributed by atoms with van der Waals surface area (Å²) in [6.07, 6.45) is -5.87. The Morgan fingerprint density at radius 1 is 1.07 bits per heavy atom. The number of hydrogen-bond donors (Lipinski definition) is 5. The molecule has 5 N–H and O–H groups in total. The predicted molar refractivity (Wildman–Crippen MR) is 101 cm³/mol. The first-order valence-corrected chi connectivity index (χ1v) is 9.15. The summed E-state index contributed by atoms with van der Waals surface area (Å²) >= 11 is 6.29. The molecule has 0 bridgehead atoms. The van der Waals surface area contributed by atoms with Crippen LogP contribution in [-0.2, 0) is 16.9 Å². The highest BCUT2D eigenvalue weighted by molar-refractivity contribution is 6.31. The van der Waals surface area contributed by atoms with Crippen LogP contribution in [0.3, 0.4) is 0 Å². The van der Waals surface area contributed by atoms with Gasteiger partial charge in [0.15, 0.2) is 0 Å². The Morgan fingerprint density at radius 2 is 1.75 bits per heavy atom. The van der Waals surface area contributed by atoms with E-state index in [-0.39, 0.29) is 5.56 Å². The summed E-state index contributed by atoms with van der Waals surface area (Å²) in [6.45, 7) is -0.639. The Balaban J connectivity index is 1.92. The number of ether oxygens (including phenoxy) is 2. The third kappa shape index (κ3) is 3.88. The fraction of sp³-hybridized carbons (Fsp3) is 0.400. The SMILES string of the molecule is COc1ccc(Cc2cc([C@@]3(O)O[C@H](CO)[C@@H](O)[C@H](O)[C@H]3O)ccc2Cl)cc1. The predicted octanol–water partition coefficient (Wildman–Crippen LogP) is 0.558. The summed E-state index contributed by atoms with van der Waals surface area (Å²) in [5.41, 5.74) is 1.76. The second kappa shape index (κ2) is 8.34. The third-order valence-electron chi connectivity index (χ3n) is 4.98. The summed E-state index contributed by atoms with van der Waals surface area (Å²) in [5.74, 6) is -1.59. The monoisotopic (exact) mass is 410 g/mol. The topological polar surface area (TPSA) is 120 Å². The molecule has 1 aliphatic rings. The molecule has 28 heavy (non-hydrogen) atoms. The van der Waals surface area contributed by atoms with Crippen molar-refractivity contribution in [1.29, 1.82) is 0 Å². The first-order chi connectivity index (χ1) is 13.3. The van der Waals surface area contributed by atoms with Crippen LogP contribution in [-0.4, -0.2) is 63.7 Å². The zero-order valence-electron chi connectivity index (χ0n) is 15.2. The van der Waals surface area contributed by atoms with Crippen molar-refractivity contribution in [1.82, 2.24) is 0 Å². The molecule has 8 heteroatoms. The Kier molecular flexibility index (Phi) is 6.26. The van der Waals surface area contributed by atoms with E-state index in [9.17, 15) is 25.5 Å². The van der Waals surface area contributed by atoms with Gasteiger partial charge in [0.25, 0.3) is 0 Å². The van der Waals surface area contributed by atoms with Crippen molar-refractivity contribution in [3.05, 3.63) is 64.2 Å². The summed E-state index contributed by atoms with van der Waals surface area (Å²) < 4.78 is 10.5. The molecule has 0 spiro atoms. The van der Waals surface area contributed by atoms with Crippen LogP contribution in [0.2, 0.25) is 5.02 Å². The molecule has 0 unspecified atom stereocenters. The smallest absolute Gasteiger partial charge is 0.222 e. The van der Waals surface area contributed by atoms with Gasteiger partial charge in [-0.3, -0.25) is 0 Å². The maximum atomic E-state index is 10.9. The first kappa shape index (κ1) is 21.0. The minimum Gasteiger partial charge on any atom is -0.497 e. The number of aliphatic hydroxyl groups excluding tert-OH is 4. The summed E-state index contributed by atoms with van der Waals surface area (Å²) in [5, 5.41) is 51.0. The number of benzene rings is 2. The van der Waals surface area contributed by atoms with Crippen molar-refractivity contribution in [3.63, 3.8) is 0 Å². The summed E-state index contributed by atoms with van der Waals surface area (Å²) in [6, 6.07) is 12.0. The molecule has 1 saturated heterocycles. The van der Waals surface area contributed by atoms with Gasteiger partial charge in [0.1, 0.15) is 30.2 Å². The highest BCUT2D eigenvalue weighted by Gasteiger charge is 2.53. The average Bonchev–Trinajstić information content (AvgIpc) is 2.71. The fourth-order valence-corrected chi connectivity index (χ4v) is 3.47. The van der Waals surface area contributed by atoms with Crippen LogP contribution in [0.25, 0.3) is 0 Å². The Bertz CT molecular complexity index is 811. The molecule has 0 aromatic heterocycles. The minimum atomic E-state index is -2.31. The molecule has 3 rings (SSSR count). The second-order valence-electron chi connectivity index (χ2n) is 6.79. The molecule has 1 aliphatic heterocycles. The molecule has 0 radical (unpaired) electrons. The molecule has 2 aromatic rings. The molecule has 0 aliphatic carbocycles. The maximum Gasteiger partial charge on any atom is 0.222 e. The maximum absolute atomic E-state index is 10.9. The molecule has 152 valence electrons. The lowest BCUT2D eigenvalue weighted by molar-refractivity contribution is -0.357. The normalized spacial score (nSPS) is 30.2. The van der Waals surface area contributed by atoms with Gasteiger partial charge >= 0.3 is 0 Å². The van der Waals surface area contributed by atoms with Gasteiger partial charge in [-0.2, -0.15) is 0 Å². The van der Waals surface area contributed by atoms with Gasteiger partial charge in [-0.1, -0.05) is 29.8 Å². The van der Waals surface area contributed by atoms with Crippen LogP contribution >= 0.6 is 11.6 Å². The van der Waals surface area contributed by atoms with E-state index in [1.54, 1.807) is 19.2 Å². The first-order valence-electron chi connectivity index (χ1n) is 8.77. The standard InChI is InChI=1S/C20H23ClO7/c1-27-14-5-2-11(3-6-14)8-12-9-13(4-7-15(12)21)20(26)19(25)18(24)17(23)16(10-22)28-20/h2-7,9,16-19,22-26H,8,10H2,1H3/t16-,17-,18+,19-,20-/m1/s1. The van der Waals surface area contributed by atoms with Gasteiger partial charge in [-0.05, 0) is 41.8 Å². The van der Waals surface area contributed by atoms with Crippen molar-refractivity contribution in [2.75, 3.05) is 13.7 Å². The lowest BCUT2D eigenvalue weighted by Gasteiger charge is -2.45.